The van der Waals surface area contributed by atoms with E-state index in [4.69, 9.17) is 23.7 Å². The van der Waals surface area contributed by atoms with Crippen LogP contribution in [0, 0.1) is 13.8 Å². The van der Waals surface area contributed by atoms with Crippen LogP contribution in [0.2, 0.25) is 0 Å². The second-order valence-corrected chi connectivity index (χ2v) is 6.07. The molecule has 0 aromatic carbocycles. The Balaban J connectivity index is 0.000000502. The normalized spacial score (nSPS) is 22.7. The maximum Gasteiger partial charge on any atom is 0.305 e. The first-order chi connectivity index (χ1) is 13.5. The molecule has 29 heavy (non-hydrogen) atoms. The van der Waals surface area contributed by atoms with Crippen molar-refractivity contribution in [2.45, 2.75) is 66.1 Å². The number of carbonyl (C=O) groups excluding carboxylic acids is 4. The van der Waals surface area contributed by atoms with Crippen LogP contribution in [0.5, 0.6) is 0 Å². The first-order valence-corrected chi connectivity index (χ1v) is 8.65. The molecule has 2 heterocycles. The number of aromatic nitrogens is 3. The van der Waals surface area contributed by atoms with Gasteiger partial charge in [0.05, 0.1) is 0 Å². The molecule has 1 N–H and O–H groups in total. The summed E-state index contributed by atoms with van der Waals surface area (Å²) >= 11 is 0. The van der Waals surface area contributed by atoms with Crippen LogP contribution >= 0.6 is 0 Å². The summed E-state index contributed by atoms with van der Waals surface area (Å²) in [4.78, 5) is 48.3. The molecule has 1 aliphatic rings. The summed E-state index contributed by atoms with van der Waals surface area (Å²) in [5.41, 5.74) is 0. The molecule has 2 rings (SSSR count). The molecule has 162 valence electrons. The van der Waals surface area contributed by atoms with Crippen LogP contribution in [-0.2, 0) is 42.9 Å². The van der Waals surface area contributed by atoms with E-state index in [1.807, 2.05) is 13.8 Å². The van der Waals surface area contributed by atoms with Crippen LogP contribution in [-0.4, -0.2) is 70.3 Å². The van der Waals surface area contributed by atoms with Crippen molar-refractivity contribution < 1.29 is 42.9 Å². The minimum atomic E-state index is -1.26. The van der Waals surface area contributed by atoms with E-state index in [1.54, 1.807) is 0 Å². The van der Waals surface area contributed by atoms with Crippen molar-refractivity contribution in [3.8, 4) is 0 Å². The van der Waals surface area contributed by atoms with E-state index in [1.165, 1.54) is 6.92 Å². The number of nitrogens with zero attached hydrogens (tertiary/aromatic N) is 2. The average molecular weight is 415 g/mol. The lowest BCUT2D eigenvalue weighted by Gasteiger charge is -2.22. The Morgan fingerprint density at radius 3 is 1.83 bits per heavy atom. The molecule has 12 heteroatoms. The molecule has 4 atom stereocenters. The maximum atomic E-state index is 11.2. The highest BCUT2D eigenvalue weighted by Gasteiger charge is 2.51. The van der Waals surface area contributed by atoms with Gasteiger partial charge in [-0.15, -0.1) is 0 Å². The lowest BCUT2D eigenvalue weighted by atomic mass is 10.1. The van der Waals surface area contributed by atoms with Crippen LogP contribution in [0.1, 0.15) is 39.3 Å². The van der Waals surface area contributed by atoms with Crippen molar-refractivity contribution in [3.63, 3.8) is 0 Å². The van der Waals surface area contributed by atoms with Gasteiger partial charge in [0.25, 0.3) is 0 Å². The molecule has 4 unspecified atom stereocenters. The first kappa shape index (κ1) is 24.0. The smallest absolute Gasteiger partial charge is 0.305 e. The minimum absolute atomic E-state index is 0.247. The Morgan fingerprint density at radius 2 is 1.45 bits per heavy atom. The summed E-state index contributed by atoms with van der Waals surface area (Å²) in [6.45, 7) is 8.13. The van der Waals surface area contributed by atoms with E-state index in [9.17, 15) is 19.2 Å². The number of ether oxygens (including phenoxy) is 5. The van der Waals surface area contributed by atoms with Gasteiger partial charge in [0.15, 0.2) is 6.10 Å². The lowest BCUT2D eigenvalue weighted by molar-refractivity contribution is -0.197. The Bertz CT molecular complexity index is 717. The van der Waals surface area contributed by atoms with Gasteiger partial charge in [-0.2, -0.15) is 5.10 Å². The number of carbonyl (C=O) groups is 4. The predicted octanol–water partition coefficient (Wildman–Crippen LogP) is 0.122. The predicted molar refractivity (Wildman–Crippen MR) is 94.0 cm³/mol. The number of esters is 4. The SMILES string of the molecule is CC(=O)OCC1OC(OC(C)=O)C(OC(C)=O)C1OC(C)=O.Cc1n[nH]c(C)n1. The number of hydrogen-bond acceptors (Lipinski definition) is 11. The zero-order chi connectivity index (χ0) is 22.1. The van der Waals surface area contributed by atoms with Crippen molar-refractivity contribution in [1.82, 2.24) is 15.2 Å². The van der Waals surface area contributed by atoms with Crippen LogP contribution < -0.4 is 0 Å². The third-order valence-electron chi connectivity index (χ3n) is 3.31. The Labute approximate surface area is 167 Å². The van der Waals surface area contributed by atoms with E-state index in [2.05, 4.69) is 15.2 Å². The van der Waals surface area contributed by atoms with E-state index in [0.29, 0.717) is 0 Å². The number of hydrogen-bond donors (Lipinski definition) is 1. The highest BCUT2D eigenvalue weighted by Crippen LogP contribution is 2.28. The summed E-state index contributed by atoms with van der Waals surface area (Å²) in [6, 6.07) is 0. The Kier molecular flexibility index (Phi) is 9.19. The molecule has 0 spiro atoms. The van der Waals surface area contributed by atoms with Crippen LogP contribution in [0.25, 0.3) is 0 Å². The number of H-pyrrole nitrogens is 1. The van der Waals surface area contributed by atoms with E-state index in [0.717, 1.165) is 32.4 Å². The van der Waals surface area contributed by atoms with Gasteiger partial charge in [-0.05, 0) is 13.8 Å². The molecule has 0 aliphatic carbocycles. The topological polar surface area (TPSA) is 156 Å². The van der Waals surface area contributed by atoms with Gasteiger partial charge >= 0.3 is 23.9 Å². The molecular weight excluding hydrogens is 390 g/mol. The largest absolute Gasteiger partial charge is 0.463 e. The number of aromatic amines is 1. The van der Waals surface area contributed by atoms with Crippen molar-refractivity contribution in [2.24, 2.45) is 0 Å². The summed E-state index contributed by atoms with van der Waals surface area (Å²) in [5, 5.41) is 6.49. The summed E-state index contributed by atoms with van der Waals surface area (Å²) in [7, 11) is 0. The van der Waals surface area contributed by atoms with Gasteiger partial charge in [0.1, 0.15) is 24.4 Å². The van der Waals surface area contributed by atoms with E-state index >= 15 is 0 Å². The lowest BCUT2D eigenvalue weighted by Crippen LogP contribution is -2.42. The molecule has 0 radical (unpaired) electrons. The van der Waals surface area contributed by atoms with Gasteiger partial charge in [0, 0.05) is 27.7 Å². The van der Waals surface area contributed by atoms with Crippen molar-refractivity contribution in [3.05, 3.63) is 11.6 Å². The first-order valence-electron chi connectivity index (χ1n) is 8.65. The van der Waals surface area contributed by atoms with Crippen LogP contribution in [0.3, 0.4) is 0 Å². The molecular formula is C17H25N3O9. The molecule has 0 bridgehead atoms. The monoisotopic (exact) mass is 415 g/mol. The zero-order valence-electron chi connectivity index (χ0n) is 17.1. The molecule has 1 aromatic heterocycles. The molecule has 12 nitrogen and oxygen atoms in total. The fourth-order valence-corrected chi connectivity index (χ4v) is 2.39. The number of aryl methyl sites for hydroxylation is 2. The average Bonchev–Trinajstić information content (AvgIpc) is 3.09. The van der Waals surface area contributed by atoms with Crippen LogP contribution in [0.15, 0.2) is 0 Å². The third-order valence-corrected chi connectivity index (χ3v) is 3.31. The van der Waals surface area contributed by atoms with E-state index in [-0.39, 0.29) is 6.61 Å². The molecule has 0 amide bonds. The second-order valence-electron chi connectivity index (χ2n) is 6.07. The molecule has 0 saturated carbocycles. The molecule has 1 saturated heterocycles. The van der Waals surface area contributed by atoms with Crippen molar-refractivity contribution >= 4 is 23.9 Å². The second kappa shape index (κ2) is 11.1. The fraction of sp³-hybridized carbons (Fsp3) is 0.647. The summed E-state index contributed by atoms with van der Waals surface area (Å²) in [5.74, 6) is -0.880. The number of rotatable bonds is 5. The summed E-state index contributed by atoms with van der Waals surface area (Å²) in [6.07, 6.45) is -4.40. The van der Waals surface area contributed by atoms with E-state index < -0.39 is 48.5 Å². The third kappa shape index (κ3) is 8.68. The zero-order valence-corrected chi connectivity index (χ0v) is 17.1. The highest BCUT2D eigenvalue weighted by molar-refractivity contribution is 5.68. The van der Waals surface area contributed by atoms with Crippen molar-refractivity contribution in [2.75, 3.05) is 6.61 Å². The standard InChI is InChI=1S/C13H18O9.C4H7N3/c1-6(14)18-5-10-11(19-7(2)15)12(20-8(3)16)13(22-10)21-9(4)17;1-3-5-4(2)7-6-3/h10-13H,5H2,1-4H3;1-2H3,(H,5,6,7). The van der Waals surface area contributed by atoms with Gasteiger partial charge in [-0.25, -0.2) is 4.98 Å². The quantitative estimate of drug-likeness (QED) is 0.515. The van der Waals surface area contributed by atoms with Crippen molar-refractivity contribution in [1.29, 1.82) is 0 Å². The fourth-order valence-electron chi connectivity index (χ4n) is 2.39. The minimum Gasteiger partial charge on any atom is -0.463 e. The number of nitrogens with one attached hydrogen (secondary N) is 1. The van der Waals surface area contributed by atoms with Crippen LogP contribution in [0.4, 0.5) is 0 Å². The molecule has 1 fully saturated rings. The Hall–Kier alpha value is -3.02. The van der Waals surface area contributed by atoms with Gasteiger partial charge in [-0.1, -0.05) is 0 Å². The Morgan fingerprint density at radius 1 is 0.897 bits per heavy atom. The van der Waals surface area contributed by atoms with Gasteiger partial charge in [-0.3, -0.25) is 24.3 Å². The molecule has 1 aromatic rings. The summed E-state index contributed by atoms with van der Waals surface area (Å²) < 4.78 is 25.2. The maximum absolute atomic E-state index is 11.2. The van der Waals surface area contributed by atoms with Gasteiger partial charge < -0.3 is 23.7 Å². The molecule has 1 aliphatic heterocycles. The highest BCUT2D eigenvalue weighted by atomic mass is 16.8. The van der Waals surface area contributed by atoms with Gasteiger partial charge in [0.2, 0.25) is 12.4 Å².